The van der Waals surface area contributed by atoms with E-state index in [0.717, 1.165) is 11.0 Å². The number of carbonyl (C=O) groups is 1. The molecule has 15 heavy (non-hydrogen) atoms. The van der Waals surface area contributed by atoms with E-state index in [1.54, 1.807) is 0 Å². The maximum atomic E-state index is 11.4. The lowest BCUT2D eigenvalue weighted by Crippen LogP contribution is -2.09. The van der Waals surface area contributed by atoms with Gasteiger partial charge in [0, 0.05) is 6.92 Å². The van der Waals surface area contributed by atoms with Crippen LogP contribution in [-0.2, 0) is 6.42 Å². The van der Waals surface area contributed by atoms with Gasteiger partial charge in [0.05, 0.1) is 23.5 Å². The lowest BCUT2D eigenvalue weighted by molar-refractivity contribution is 0.0938. The summed E-state index contributed by atoms with van der Waals surface area (Å²) in [5.74, 6) is 0.389. The van der Waals surface area contributed by atoms with Gasteiger partial charge in [0.1, 0.15) is 5.82 Å². The summed E-state index contributed by atoms with van der Waals surface area (Å²) in [4.78, 5) is 15.7. The third kappa shape index (κ3) is 1.48. The summed E-state index contributed by atoms with van der Waals surface area (Å²) < 4.78 is 1.48. The highest BCUT2D eigenvalue weighted by molar-refractivity contribution is 5.89. The van der Waals surface area contributed by atoms with E-state index in [1.807, 2.05) is 30.3 Å². The van der Waals surface area contributed by atoms with Crippen molar-refractivity contribution in [2.75, 3.05) is 0 Å². The van der Waals surface area contributed by atoms with Crippen LogP contribution in [0.3, 0.4) is 0 Å². The Morgan fingerprint density at radius 2 is 2.27 bits per heavy atom. The lowest BCUT2D eigenvalue weighted by atomic mass is 10.3. The molecular weight excluding hydrogens is 190 g/mol. The van der Waals surface area contributed by atoms with Gasteiger partial charge in [-0.1, -0.05) is 12.1 Å². The van der Waals surface area contributed by atoms with Gasteiger partial charge >= 0.3 is 0 Å². The molecule has 0 aliphatic heterocycles. The molecule has 0 bridgehead atoms. The minimum Gasteiger partial charge on any atom is -0.274 e. The average molecular weight is 199 g/mol. The molecule has 2 rings (SSSR count). The maximum absolute atomic E-state index is 11.4. The summed E-state index contributed by atoms with van der Waals surface area (Å²) in [6.45, 7) is 1.47. The van der Waals surface area contributed by atoms with Crippen LogP contribution in [0.5, 0.6) is 0 Å². The second-order valence-electron chi connectivity index (χ2n) is 3.21. The fourth-order valence-electron chi connectivity index (χ4n) is 1.62. The van der Waals surface area contributed by atoms with E-state index in [1.165, 1.54) is 11.5 Å². The number of carbonyl (C=O) groups excluding carboxylic acids is 1. The molecule has 1 aromatic carbocycles. The summed E-state index contributed by atoms with van der Waals surface area (Å²) in [5, 5.41) is 8.64. The number of hydrogen-bond donors (Lipinski definition) is 0. The number of fused-ring (bicyclic) bond motifs is 1. The molecule has 0 N–H and O–H groups in total. The zero-order valence-electron chi connectivity index (χ0n) is 8.27. The minimum atomic E-state index is -0.117. The van der Waals surface area contributed by atoms with Crippen LogP contribution in [0.25, 0.3) is 11.0 Å². The molecule has 0 radical (unpaired) electrons. The number of rotatable bonds is 1. The summed E-state index contributed by atoms with van der Waals surface area (Å²) in [6.07, 6.45) is 0.147. The molecule has 0 unspecified atom stereocenters. The van der Waals surface area contributed by atoms with Crippen molar-refractivity contribution < 1.29 is 4.79 Å². The van der Waals surface area contributed by atoms with E-state index < -0.39 is 0 Å². The lowest BCUT2D eigenvalue weighted by Gasteiger charge is -2.00. The smallest absolute Gasteiger partial charge is 0.229 e. The van der Waals surface area contributed by atoms with Crippen LogP contribution < -0.4 is 0 Å². The molecule has 1 heterocycles. The number of nitriles is 1. The number of benzene rings is 1. The van der Waals surface area contributed by atoms with Gasteiger partial charge in [-0.05, 0) is 12.1 Å². The molecule has 0 saturated carbocycles. The molecule has 0 fully saturated rings. The van der Waals surface area contributed by atoms with Crippen LogP contribution in [-0.4, -0.2) is 15.5 Å². The highest BCUT2D eigenvalue weighted by Gasteiger charge is 2.12. The highest BCUT2D eigenvalue weighted by Crippen LogP contribution is 2.15. The Morgan fingerprint density at radius 1 is 1.53 bits per heavy atom. The van der Waals surface area contributed by atoms with Crippen molar-refractivity contribution in [2.45, 2.75) is 13.3 Å². The van der Waals surface area contributed by atoms with Crippen LogP contribution in [0.2, 0.25) is 0 Å². The van der Waals surface area contributed by atoms with Gasteiger partial charge in [0.15, 0.2) is 0 Å². The fraction of sp³-hybridized carbons (Fsp3) is 0.182. The van der Waals surface area contributed by atoms with E-state index in [0.29, 0.717) is 5.82 Å². The van der Waals surface area contributed by atoms with Gasteiger partial charge in [-0.15, -0.1) is 0 Å². The van der Waals surface area contributed by atoms with E-state index in [-0.39, 0.29) is 12.3 Å². The Morgan fingerprint density at radius 3 is 2.93 bits per heavy atom. The first-order chi connectivity index (χ1) is 7.24. The maximum Gasteiger partial charge on any atom is 0.229 e. The Labute approximate surface area is 86.8 Å². The zero-order valence-corrected chi connectivity index (χ0v) is 8.27. The van der Waals surface area contributed by atoms with Crippen molar-refractivity contribution in [1.29, 1.82) is 5.26 Å². The third-order valence-corrected chi connectivity index (χ3v) is 2.18. The SMILES string of the molecule is CC(=O)n1c(CC#N)nc2ccccc21. The summed E-state index contributed by atoms with van der Waals surface area (Å²) in [6, 6.07) is 9.36. The van der Waals surface area contributed by atoms with Crippen LogP contribution in [0.1, 0.15) is 17.5 Å². The first kappa shape index (κ1) is 9.41. The molecule has 0 saturated heterocycles. The summed E-state index contributed by atoms with van der Waals surface area (Å²) in [7, 11) is 0. The Hall–Kier alpha value is -2.15. The predicted molar refractivity (Wildman–Crippen MR) is 55.4 cm³/mol. The van der Waals surface area contributed by atoms with Crippen LogP contribution in [0.4, 0.5) is 0 Å². The molecule has 4 nitrogen and oxygen atoms in total. The molecule has 0 aliphatic carbocycles. The van der Waals surface area contributed by atoms with Crippen molar-refractivity contribution in [3.05, 3.63) is 30.1 Å². The van der Waals surface area contributed by atoms with Gasteiger partial charge in [0.2, 0.25) is 5.91 Å². The number of hydrogen-bond acceptors (Lipinski definition) is 3. The Bertz CT molecular complexity index is 563. The number of nitrogens with zero attached hydrogens (tertiary/aromatic N) is 3. The zero-order chi connectivity index (χ0) is 10.8. The molecular formula is C11H9N3O. The van der Waals surface area contributed by atoms with Crippen LogP contribution in [0, 0.1) is 11.3 Å². The number of aromatic nitrogens is 2. The van der Waals surface area contributed by atoms with Crippen molar-refractivity contribution in [2.24, 2.45) is 0 Å². The van der Waals surface area contributed by atoms with E-state index in [9.17, 15) is 4.79 Å². The summed E-state index contributed by atoms with van der Waals surface area (Å²) >= 11 is 0. The van der Waals surface area contributed by atoms with E-state index in [2.05, 4.69) is 4.98 Å². The second-order valence-corrected chi connectivity index (χ2v) is 3.21. The standard InChI is InChI=1S/C11H9N3O/c1-8(15)14-10-5-3-2-4-9(10)13-11(14)6-7-12/h2-5H,6H2,1H3. The Kier molecular flexibility index (Phi) is 2.22. The first-order valence-electron chi connectivity index (χ1n) is 4.58. The topological polar surface area (TPSA) is 58.7 Å². The van der Waals surface area contributed by atoms with Gasteiger partial charge in [-0.25, -0.2) is 4.98 Å². The van der Waals surface area contributed by atoms with Gasteiger partial charge in [0.25, 0.3) is 0 Å². The highest BCUT2D eigenvalue weighted by atomic mass is 16.1. The molecule has 0 atom stereocenters. The van der Waals surface area contributed by atoms with Gasteiger partial charge < -0.3 is 0 Å². The second kappa shape index (κ2) is 3.54. The molecule has 0 amide bonds. The van der Waals surface area contributed by atoms with Crippen molar-refractivity contribution in [3.63, 3.8) is 0 Å². The molecule has 2 aromatic rings. The molecule has 0 aliphatic rings. The predicted octanol–water partition coefficient (Wildman–Crippen LogP) is 1.76. The molecule has 1 aromatic heterocycles. The Balaban J connectivity index is 2.75. The van der Waals surface area contributed by atoms with Gasteiger partial charge in [-0.2, -0.15) is 5.26 Å². The number of para-hydroxylation sites is 2. The third-order valence-electron chi connectivity index (χ3n) is 2.18. The van der Waals surface area contributed by atoms with Gasteiger partial charge in [-0.3, -0.25) is 9.36 Å². The number of imidazole rings is 1. The van der Waals surface area contributed by atoms with E-state index >= 15 is 0 Å². The first-order valence-corrected chi connectivity index (χ1v) is 4.58. The molecule has 4 heteroatoms. The van der Waals surface area contributed by atoms with Crippen molar-refractivity contribution in [3.8, 4) is 6.07 Å². The van der Waals surface area contributed by atoms with Crippen molar-refractivity contribution in [1.82, 2.24) is 9.55 Å². The van der Waals surface area contributed by atoms with Crippen molar-refractivity contribution >= 4 is 16.9 Å². The van der Waals surface area contributed by atoms with E-state index in [4.69, 9.17) is 5.26 Å². The molecule has 0 spiro atoms. The van der Waals surface area contributed by atoms with Crippen LogP contribution in [0.15, 0.2) is 24.3 Å². The van der Waals surface area contributed by atoms with Crippen LogP contribution >= 0.6 is 0 Å². The normalized spacial score (nSPS) is 10.1. The quantitative estimate of drug-likeness (QED) is 0.703. The average Bonchev–Trinajstić information content (AvgIpc) is 2.56. The largest absolute Gasteiger partial charge is 0.274 e. The molecule has 74 valence electrons. The summed E-state index contributed by atoms with van der Waals surface area (Å²) in [5.41, 5.74) is 1.51. The minimum absolute atomic E-state index is 0.117. The fourth-order valence-corrected chi connectivity index (χ4v) is 1.62. The monoisotopic (exact) mass is 199 g/mol.